The van der Waals surface area contributed by atoms with Gasteiger partial charge in [0.25, 0.3) is 0 Å². The Labute approximate surface area is 89.6 Å². The van der Waals surface area contributed by atoms with Crippen molar-refractivity contribution < 1.29 is 5.21 Å². The molecular formula is C10H18N4O. The van der Waals surface area contributed by atoms with Crippen LogP contribution in [0.5, 0.6) is 0 Å². The third-order valence-corrected chi connectivity index (χ3v) is 2.66. The highest BCUT2D eigenvalue weighted by Crippen LogP contribution is 2.12. The van der Waals surface area contributed by atoms with Crippen LogP contribution in [0.15, 0.2) is 17.5 Å². The van der Waals surface area contributed by atoms with E-state index in [0.29, 0.717) is 11.7 Å². The molecule has 0 amide bonds. The Morgan fingerprint density at radius 3 is 2.80 bits per heavy atom. The Balaban J connectivity index is 2.81. The summed E-state index contributed by atoms with van der Waals surface area (Å²) in [7, 11) is 0. The zero-order valence-electron chi connectivity index (χ0n) is 9.22. The Kier molecular flexibility index (Phi) is 4.15. The number of oxime groups is 1. The van der Waals surface area contributed by atoms with E-state index in [1.807, 2.05) is 10.8 Å². The van der Waals surface area contributed by atoms with Crippen LogP contribution in [0, 0.1) is 5.92 Å². The molecular weight excluding hydrogens is 192 g/mol. The Bertz CT molecular complexity index is 328. The van der Waals surface area contributed by atoms with Gasteiger partial charge in [-0.2, -0.15) is 0 Å². The fourth-order valence-corrected chi connectivity index (χ4v) is 1.56. The quantitative estimate of drug-likeness (QED) is 0.334. The molecule has 84 valence electrons. The number of amidine groups is 1. The lowest BCUT2D eigenvalue weighted by atomic mass is 10.0. The van der Waals surface area contributed by atoms with E-state index in [1.165, 1.54) is 0 Å². The van der Waals surface area contributed by atoms with Gasteiger partial charge >= 0.3 is 0 Å². The van der Waals surface area contributed by atoms with Crippen molar-refractivity contribution in [1.29, 1.82) is 0 Å². The fourth-order valence-electron chi connectivity index (χ4n) is 1.56. The summed E-state index contributed by atoms with van der Waals surface area (Å²) in [5.41, 5.74) is 5.51. The molecule has 1 aromatic rings. The molecule has 0 aliphatic carbocycles. The van der Waals surface area contributed by atoms with Crippen LogP contribution in [0.1, 0.15) is 32.5 Å². The van der Waals surface area contributed by atoms with Gasteiger partial charge in [-0.15, -0.1) is 0 Å². The van der Waals surface area contributed by atoms with E-state index in [4.69, 9.17) is 10.9 Å². The minimum absolute atomic E-state index is 0.0611. The molecule has 0 aliphatic rings. The number of hydrogen-bond acceptors (Lipinski definition) is 3. The monoisotopic (exact) mass is 210 g/mol. The third kappa shape index (κ3) is 2.71. The highest BCUT2D eigenvalue weighted by atomic mass is 16.4. The zero-order chi connectivity index (χ0) is 11.3. The summed E-state index contributed by atoms with van der Waals surface area (Å²) in [6.45, 7) is 5.18. The fraction of sp³-hybridized carbons (Fsp3) is 0.600. The maximum absolute atomic E-state index is 8.59. The number of hydrogen-bond donors (Lipinski definition) is 2. The molecule has 0 bridgehead atoms. The summed E-state index contributed by atoms with van der Waals surface area (Å²) in [4.78, 5) is 4.06. The van der Waals surface area contributed by atoms with Gasteiger partial charge in [0.2, 0.25) is 5.84 Å². The van der Waals surface area contributed by atoms with Crippen molar-refractivity contribution in [3.63, 3.8) is 0 Å². The molecule has 0 unspecified atom stereocenters. The van der Waals surface area contributed by atoms with E-state index >= 15 is 0 Å². The topological polar surface area (TPSA) is 76.4 Å². The maximum Gasteiger partial charge on any atom is 0.206 e. The minimum atomic E-state index is 0.0611. The Morgan fingerprint density at radius 1 is 1.60 bits per heavy atom. The molecule has 0 radical (unpaired) electrons. The number of aromatic nitrogens is 2. The second-order valence-corrected chi connectivity index (χ2v) is 3.57. The molecule has 0 atom stereocenters. The molecule has 0 aliphatic heterocycles. The molecule has 0 spiro atoms. The van der Waals surface area contributed by atoms with Crippen LogP contribution in [-0.4, -0.2) is 20.6 Å². The van der Waals surface area contributed by atoms with Crippen molar-refractivity contribution in [1.82, 2.24) is 9.55 Å². The van der Waals surface area contributed by atoms with E-state index < -0.39 is 0 Å². The van der Waals surface area contributed by atoms with Crippen molar-refractivity contribution in [2.24, 2.45) is 16.8 Å². The normalized spacial score (nSPS) is 12.3. The number of rotatable bonds is 5. The number of imidazole rings is 1. The summed E-state index contributed by atoms with van der Waals surface area (Å²) in [6.07, 6.45) is 5.75. The lowest BCUT2D eigenvalue weighted by Crippen LogP contribution is -2.21. The highest BCUT2D eigenvalue weighted by Gasteiger charge is 2.11. The van der Waals surface area contributed by atoms with Gasteiger partial charge in [-0.3, -0.25) is 0 Å². The van der Waals surface area contributed by atoms with Crippen LogP contribution >= 0.6 is 0 Å². The lowest BCUT2D eigenvalue weighted by Gasteiger charge is -2.14. The van der Waals surface area contributed by atoms with Gasteiger partial charge in [-0.25, -0.2) is 4.98 Å². The van der Waals surface area contributed by atoms with Gasteiger partial charge in [-0.1, -0.05) is 31.8 Å². The first kappa shape index (κ1) is 11.6. The van der Waals surface area contributed by atoms with Gasteiger partial charge in [0.1, 0.15) is 0 Å². The van der Waals surface area contributed by atoms with Gasteiger partial charge in [0, 0.05) is 18.9 Å². The van der Waals surface area contributed by atoms with Crippen molar-refractivity contribution in [2.45, 2.75) is 33.2 Å². The summed E-state index contributed by atoms with van der Waals surface area (Å²) in [5.74, 6) is 1.19. The first-order chi connectivity index (χ1) is 7.22. The predicted octanol–water partition coefficient (Wildman–Crippen LogP) is 1.41. The molecule has 1 rings (SSSR count). The lowest BCUT2D eigenvalue weighted by molar-refractivity contribution is 0.317. The summed E-state index contributed by atoms with van der Waals surface area (Å²) < 4.78 is 1.92. The molecule has 1 aromatic heterocycles. The van der Waals surface area contributed by atoms with Crippen LogP contribution in [0.3, 0.4) is 0 Å². The highest BCUT2D eigenvalue weighted by molar-refractivity contribution is 5.93. The molecule has 5 heteroatoms. The zero-order valence-corrected chi connectivity index (χ0v) is 9.22. The third-order valence-electron chi connectivity index (χ3n) is 2.66. The largest absolute Gasteiger partial charge is 0.409 e. The van der Waals surface area contributed by atoms with Crippen LogP contribution in [0.2, 0.25) is 0 Å². The first-order valence-corrected chi connectivity index (χ1v) is 5.21. The molecule has 0 saturated heterocycles. The molecule has 0 saturated carbocycles. The SMILES string of the molecule is CCC(CC)Cn1ccnc1/C(N)=N/O. The van der Waals surface area contributed by atoms with Crippen LogP contribution < -0.4 is 5.73 Å². The standard InChI is InChI=1S/C10H18N4O/c1-3-8(4-2)7-14-6-5-12-10(14)9(11)13-15/h5-6,8,15H,3-4,7H2,1-2H3,(H2,11,13). The molecule has 3 N–H and O–H groups in total. The van der Waals surface area contributed by atoms with E-state index in [9.17, 15) is 0 Å². The number of nitrogens with zero attached hydrogens (tertiary/aromatic N) is 3. The van der Waals surface area contributed by atoms with E-state index in [1.54, 1.807) is 6.20 Å². The molecule has 0 aromatic carbocycles. The summed E-state index contributed by atoms with van der Waals surface area (Å²) in [5, 5.41) is 11.6. The van der Waals surface area contributed by atoms with Crippen molar-refractivity contribution >= 4 is 5.84 Å². The Morgan fingerprint density at radius 2 is 2.27 bits per heavy atom. The van der Waals surface area contributed by atoms with E-state index in [0.717, 1.165) is 19.4 Å². The van der Waals surface area contributed by atoms with E-state index in [-0.39, 0.29) is 5.84 Å². The van der Waals surface area contributed by atoms with Crippen molar-refractivity contribution in [3.05, 3.63) is 18.2 Å². The smallest absolute Gasteiger partial charge is 0.206 e. The van der Waals surface area contributed by atoms with Crippen LogP contribution in [-0.2, 0) is 6.54 Å². The van der Waals surface area contributed by atoms with Gasteiger partial charge in [0.05, 0.1) is 0 Å². The minimum Gasteiger partial charge on any atom is -0.409 e. The van der Waals surface area contributed by atoms with Gasteiger partial charge in [0.15, 0.2) is 5.82 Å². The van der Waals surface area contributed by atoms with E-state index in [2.05, 4.69) is 24.0 Å². The van der Waals surface area contributed by atoms with Crippen molar-refractivity contribution in [3.8, 4) is 0 Å². The van der Waals surface area contributed by atoms with Crippen LogP contribution in [0.4, 0.5) is 0 Å². The average Bonchev–Trinajstić information content (AvgIpc) is 2.72. The molecule has 0 fully saturated rings. The van der Waals surface area contributed by atoms with Gasteiger partial charge in [-0.05, 0) is 5.92 Å². The number of nitrogens with two attached hydrogens (primary N) is 1. The second kappa shape index (κ2) is 5.38. The molecule has 5 nitrogen and oxygen atoms in total. The Hall–Kier alpha value is -1.52. The summed E-state index contributed by atoms with van der Waals surface area (Å²) >= 11 is 0. The average molecular weight is 210 g/mol. The maximum atomic E-state index is 8.59. The molecule has 1 heterocycles. The van der Waals surface area contributed by atoms with Crippen LogP contribution in [0.25, 0.3) is 0 Å². The van der Waals surface area contributed by atoms with Gasteiger partial charge < -0.3 is 15.5 Å². The first-order valence-electron chi connectivity index (χ1n) is 5.21. The predicted molar refractivity (Wildman–Crippen MR) is 58.8 cm³/mol. The second-order valence-electron chi connectivity index (χ2n) is 3.57. The summed E-state index contributed by atoms with van der Waals surface area (Å²) in [6, 6.07) is 0. The molecule has 15 heavy (non-hydrogen) atoms. The van der Waals surface area contributed by atoms with Crippen molar-refractivity contribution in [2.75, 3.05) is 0 Å².